The highest BCUT2D eigenvalue weighted by molar-refractivity contribution is 8.13. The van der Waals surface area contributed by atoms with E-state index in [-0.39, 0.29) is 5.54 Å². The smallest absolute Gasteiger partial charge is 0.321 e. The van der Waals surface area contributed by atoms with Gasteiger partial charge in [0.1, 0.15) is 0 Å². The number of carbonyl (C=O) groups is 1. The van der Waals surface area contributed by atoms with Crippen molar-refractivity contribution in [2.45, 2.75) is 264 Å². The number of likely N-dealkylation sites (N-methyl/N-ethyl adjacent to an activating group) is 1. The number of nitrogens with one attached hydrogen (secondary N) is 1. The molecular formula is C46H95NO3SSi. The molecule has 0 bridgehead atoms. The Morgan fingerprint density at radius 2 is 0.865 bits per heavy atom. The van der Waals surface area contributed by atoms with Crippen LogP contribution in [0.1, 0.15) is 252 Å². The van der Waals surface area contributed by atoms with E-state index in [0.717, 1.165) is 44.3 Å². The van der Waals surface area contributed by atoms with E-state index in [4.69, 9.17) is 8.85 Å². The highest BCUT2D eigenvalue weighted by atomic mass is 32.2. The molecule has 312 valence electrons. The fourth-order valence-electron chi connectivity index (χ4n) is 7.59. The predicted molar refractivity (Wildman–Crippen MR) is 237 cm³/mol. The molecule has 52 heavy (non-hydrogen) atoms. The van der Waals surface area contributed by atoms with Gasteiger partial charge in [0.25, 0.3) is 0 Å². The molecule has 0 saturated carbocycles. The van der Waals surface area contributed by atoms with Gasteiger partial charge in [0.2, 0.25) is 0 Å². The molecule has 0 fully saturated rings. The van der Waals surface area contributed by atoms with Crippen LogP contribution in [0.2, 0.25) is 6.04 Å². The quantitative estimate of drug-likeness (QED) is 0.0494. The molecule has 0 radical (unpaired) electrons. The number of rotatable bonds is 44. The van der Waals surface area contributed by atoms with Crippen molar-refractivity contribution in [3.8, 4) is 0 Å². The molecule has 0 rings (SSSR count). The van der Waals surface area contributed by atoms with Gasteiger partial charge in [0.05, 0.1) is 6.61 Å². The van der Waals surface area contributed by atoms with Crippen molar-refractivity contribution in [1.29, 1.82) is 0 Å². The Kier molecular flexibility index (Phi) is 42.4. The molecule has 6 heteroatoms. The first kappa shape index (κ1) is 52.1. The summed E-state index contributed by atoms with van der Waals surface area (Å²) in [6.07, 6.45) is 46.6. The molecule has 4 nitrogen and oxygen atoms in total. The zero-order valence-corrected chi connectivity index (χ0v) is 38.3. The van der Waals surface area contributed by atoms with Crippen LogP contribution < -0.4 is 5.32 Å². The maximum absolute atomic E-state index is 12.4. The molecule has 0 saturated heterocycles. The van der Waals surface area contributed by atoms with Crippen molar-refractivity contribution in [3.05, 3.63) is 0 Å². The average Bonchev–Trinajstić information content (AvgIpc) is 3.15. The lowest BCUT2D eigenvalue weighted by Gasteiger charge is -2.35. The van der Waals surface area contributed by atoms with E-state index in [0.29, 0.717) is 5.12 Å². The van der Waals surface area contributed by atoms with Crippen molar-refractivity contribution in [2.24, 2.45) is 0 Å². The Labute approximate surface area is 333 Å². The van der Waals surface area contributed by atoms with Crippen LogP contribution in [0.5, 0.6) is 0 Å². The highest BCUT2D eigenvalue weighted by Crippen LogP contribution is 2.26. The summed E-state index contributed by atoms with van der Waals surface area (Å²) in [5, 5.41) is 4.18. The molecule has 0 heterocycles. The molecule has 0 aromatic heterocycles. The van der Waals surface area contributed by atoms with Crippen molar-refractivity contribution in [3.63, 3.8) is 0 Å². The molecule has 0 aliphatic rings. The fraction of sp³-hybridized carbons (Fsp3) is 0.978. The lowest BCUT2D eigenvalue weighted by Crippen LogP contribution is -2.49. The van der Waals surface area contributed by atoms with Crippen LogP contribution in [0.4, 0.5) is 0 Å². The topological polar surface area (TPSA) is 47.6 Å². The van der Waals surface area contributed by atoms with Gasteiger partial charge in [-0.15, -0.1) is 0 Å². The summed E-state index contributed by atoms with van der Waals surface area (Å²) in [4.78, 5) is 12.4. The van der Waals surface area contributed by atoms with Crippen LogP contribution in [0.15, 0.2) is 0 Å². The third-order valence-corrected chi connectivity index (χ3v) is 14.4. The molecule has 0 spiro atoms. The minimum atomic E-state index is -1.76. The first-order valence-electron chi connectivity index (χ1n) is 23.6. The second-order valence-corrected chi connectivity index (χ2v) is 19.5. The predicted octanol–water partition coefficient (Wildman–Crippen LogP) is 15.2. The van der Waals surface area contributed by atoms with Crippen molar-refractivity contribution in [1.82, 2.24) is 5.32 Å². The number of hydrogen-bond acceptors (Lipinski definition) is 5. The lowest BCUT2D eigenvalue weighted by molar-refractivity contribution is -0.111. The van der Waals surface area contributed by atoms with Gasteiger partial charge in [-0.25, -0.2) is 0 Å². The molecule has 1 unspecified atom stereocenters. The Hall–Kier alpha value is 0.117. The van der Waals surface area contributed by atoms with E-state index in [1.54, 1.807) is 11.8 Å². The monoisotopic (exact) mass is 770 g/mol. The molecule has 0 amide bonds. The lowest BCUT2D eigenvalue weighted by atomic mass is 9.87. The Morgan fingerprint density at radius 3 is 1.23 bits per heavy atom. The van der Waals surface area contributed by atoms with Crippen LogP contribution in [-0.4, -0.2) is 46.0 Å². The Balaban J connectivity index is 4.64. The summed E-state index contributed by atoms with van der Waals surface area (Å²) in [6.45, 7) is 10.5. The summed E-state index contributed by atoms with van der Waals surface area (Å²) in [6, 6.07) is 1.00. The maximum atomic E-state index is 12.4. The molecular weight excluding hydrogens is 675 g/mol. The van der Waals surface area contributed by atoms with Crippen LogP contribution in [-0.2, 0) is 13.6 Å². The molecule has 0 aromatic rings. The SMILES string of the molecule is CCCCCCCCCCCCCCCC(CCCCCCCCCCCCCCC)(CO[SiH](CCCSC(=O)CCCCCCC)OCC)NC. The van der Waals surface area contributed by atoms with Gasteiger partial charge in [-0.3, -0.25) is 4.79 Å². The van der Waals surface area contributed by atoms with Gasteiger partial charge >= 0.3 is 9.28 Å². The van der Waals surface area contributed by atoms with E-state index in [9.17, 15) is 4.79 Å². The van der Waals surface area contributed by atoms with Gasteiger partial charge in [0, 0.05) is 24.3 Å². The van der Waals surface area contributed by atoms with Crippen molar-refractivity contribution >= 4 is 26.2 Å². The molecule has 0 aliphatic heterocycles. The van der Waals surface area contributed by atoms with Crippen molar-refractivity contribution < 1.29 is 13.6 Å². The van der Waals surface area contributed by atoms with Gasteiger partial charge < -0.3 is 14.2 Å². The van der Waals surface area contributed by atoms with E-state index < -0.39 is 9.28 Å². The van der Waals surface area contributed by atoms with E-state index in [2.05, 4.69) is 40.1 Å². The van der Waals surface area contributed by atoms with Crippen LogP contribution >= 0.6 is 11.8 Å². The number of carbonyl (C=O) groups excluding carboxylic acids is 1. The van der Waals surface area contributed by atoms with E-state index >= 15 is 0 Å². The summed E-state index contributed by atoms with van der Waals surface area (Å²) in [5.74, 6) is 0.906. The second kappa shape index (κ2) is 42.3. The summed E-state index contributed by atoms with van der Waals surface area (Å²) in [7, 11) is 0.415. The number of unbranched alkanes of at least 4 members (excludes halogenated alkanes) is 28. The highest BCUT2D eigenvalue weighted by Gasteiger charge is 2.29. The van der Waals surface area contributed by atoms with Gasteiger partial charge in [-0.1, -0.05) is 225 Å². The maximum Gasteiger partial charge on any atom is 0.321 e. The minimum Gasteiger partial charge on any atom is -0.397 e. The number of thioether (sulfide) groups is 1. The van der Waals surface area contributed by atoms with Gasteiger partial charge in [0.15, 0.2) is 5.12 Å². The second-order valence-electron chi connectivity index (χ2n) is 16.2. The Bertz CT molecular complexity index is 681. The van der Waals surface area contributed by atoms with Crippen LogP contribution in [0, 0.1) is 0 Å². The normalized spacial score (nSPS) is 12.6. The third-order valence-electron chi connectivity index (χ3n) is 11.3. The average molecular weight is 770 g/mol. The molecule has 1 atom stereocenters. The fourth-order valence-corrected chi connectivity index (χ4v) is 10.6. The standard InChI is InChI=1S/C46H95NO3SSi/c1-6-10-13-16-18-20-22-24-26-28-30-33-36-40-46(47-5,41-37-34-31-29-27-25-23-21-19-17-14-11-7-2)44-50-52(49-9-4)43-38-42-51-45(48)39-35-32-15-12-8-3/h47,52H,6-44H2,1-5H3. The Morgan fingerprint density at radius 1 is 0.500 bits per heavy atom. The van der Waals surface area contributed by atoms with Gasteiger partial charge in [-0.05, 0) is 45.7 Å². The van der Waals surface area contributed by atoms with Crippen LogP contribution in [0.3, 0.4) is 0 Å². The summed E-state index contributed by atoms with van der Waals surface area (Å²) < 4.78 is 13.0. The first-order chi connectivity index (χ1) is 25.6. The summed E-state index contributed by atoms with van der Waals surface area (Å²) >= 11 is 1.54. The minimum absolute atomic E-state index is 0.0559. The third kappa shape index (κ3) is 35.8. The van der Waals surface area contributed by atoms with E-state index in [1.807, 2.05) is 0 Å². The zero-order valence-electron chi connectivity index (χ0n) is 36.3. The molecule has 0 aromatic carbocycles. The first-order valence-corrected chi connectivity index (χ1v) is 26.4. The number of hydrogen-bond donors (Lipinski definition) is 1. The van der Waals surface area contributed by atoms with Crippen molar-refractivity contribution in [2.75, 3.05) is 26.0 Å². The van der Waals surface area contributed by atoms with Gasteiger partial charge in [-0.2, -0.15) is 0 Å². The zero-order chi connectivity index (χ0) is 38.1. The summed E-state index contributed by atoms with van der Waals surface area (Å²) in [5.41, 5.74) is 0.0559. The largest absolute Gasteiger partial charge is 0.397 e. The molecule has 1 N–H and O–H groups in total. The van der Waals surface area contributed by atoms with E-state index in [1.165, 1.54) is 205 Å². The molecule has 0 aliphatic carbocycles. The van der Waals surface area contributed by atoms with Crippen LogP contribution in [0.25, 0.3) is 0 Å².